The third kappa shape index (κ3) is 3.01. The summed E-state index contributed by atoms with van der Waals surface area (Å²) < 4.78 is 39.8. The van der Waals surface area contributed by atoms with Gasteiger partial charge in [-0.2, -0.15) is 0 Å². The van der Waals surface area contributed by atoms with E-state index in [2.05, 4.69) is 4.72 Å². The SMILES string of the molecule is Cc1cc(S(=O)(=O)Nc2cc(F)cc(Cl)c2O)sc1Cl. The smallest absolute Gasteiger partial charge is 0.271 e. The van der Waals surface area contributed by atoms with Gasteiger partial charge in [0.2, 0.25) is 0 Å². The highest BCUT2D eigenvalue weighted by molar-refractivity contribution is 7.94. The molecule has 2 N–H and O–H groups in total. The molecule has 20 heavy (non-hydrogen) atoms. The summed E-state index contributed by atoms with van der Waals surface area (Å²) in [5.41, 5.74) is 0.274. The molecule has 0 amide bonds. The summed E-state index contributed by atoms with van der Waals surface area (Å²) in [7, 11) is -3.97. The van der Waals surface area contributed by atoms with Crippen LogP contribution in [0.15, 0.2) is 22.4 Å². The molecule has 0 aliphatic heterocycles. The van der Waals surface area contributed by atoms with Gasteiger partial charge in [0, 0.05) is 6.07 Å². The fraction of sp³-hybridized carbons (Fsp3) is 0.0909. The fourth-order valence-electron chi connectivity index (χ4n) is 1.40. The first-order chi connectivity index (χ1) is 9.20. The molecule has 108 valence electrons. The molecule has 0 aliphatic carbocycles. The lowest BCUT2D eigenvalue weighted by molar-refractivity contribution is 0.476. The highest BCUT2D eigenvalue weighted by atomic mass is 35.5. The van der Waals surface area contributed by atoms with E-state index in [1.807, 2.05) is 0 Å². The second-order valence-corrected chi connectivity index (χ2v) is 7.88. The van der Waals surface area contributed by atoms with Gasteiger partial charge in [-0.25, -0.2) is 12.8 Å². The van der Waals surface area contributed by atoms with Gasteiger partial charge in [-0.1, -0.05) is 23.2 Å². The Morgan fingerprint density at radius 2 is 1.95 bits per heavy atom. The lowest BCUT2D eigenvalue weighted by Crippen LogP contribution is -2.11. The first kappa shape index (κ1) is 15.4. The summed E-state index contributed by atoms with van der Waals surface area (Å²) in [6, 6.07) is 3.09. The van der Waals surface area contributed by atoms with Crippen molar-refractivity contribution in [3.8, 4) is 5.75 Å². The molecule has 1 aromatic carbocycles. The monoisotopic (exact) mass is 355 g/mol. The maximum absolute atomic E-state index is 13.2. The molecule has 2 rings (SSSR count). The highest BCUT2D eigenvalue weighted by Crippen LogP contribution is 2.36. The van der Waals surface area contributed by atoms with Gasteiger partial charge in [0.1, 0.15) is 10.0 Å². The molecule has 0 radical (unpaired) electrons. The third-order valence-corrected chi connectivity index (χ3v) is 6.05. The van der Waals surface area contributed by atoms with E-state index < -0.39 is 21.6 Å². The van der Waals surface area contributed by atoms with Crippen LogP contribution in [0.2, 0.25) is 9.36 Å². The number of aromatic hydroxyl groups is 1. The van der Waals surface area contributed by atoms with Crippen molar-refractivity contribution in [3.05, 3.63) is 38.9 Å². The average molecular weight is 356 g/mol. The highest BCUT2D eigenvalue weighted by Gasteiger charge is 2.21. The van der Waals surface area contributed by atoms with Crippen LogP contribution in [-0.4, -0.2) is 13.5 Å². The second kappa shape index (κ2) is 5.40. The molecule has 0 unspecified atom stereocenters. The van der Waals surface area contributed by atoms with Crippen LogP contribution in [-0.2, 0) is 10.0 Å². The zero-order valence-electron chi connectivity index (χ0n) is 9.95. The van der Waals surface area contributed by atoms with E-state index >= 15 is 0 Å². The van der Waals surface area contributed by atoms with E-state index in [9.17, 15) is 17.9 Å². The standard InChI is InChI=1S/C11H8Cl2FNO3S2/c1-5-2-9(19-11(5)13)20(17,18)15-8-4-6(14)3-7(12)10(8)16/h2-4,15-16H,1H3. The van der Waals surface area contributed by atoms with Crippen molar-refractivity contribution in [1.82, 2.24) is 0 Å². The minimum atomic E-state index is -3.97. The quantitative estimate of drug-likeness (QED) is 0.817. The summed E-state index contributed by atoms with van der Waals surface area (Å²) in [5.74, 6) is -1.32. The van der Waals surface area contributed by atoms with Crippen LogP contribution in [0.3, 0.4) is 0 Å². The molecule has 0 fully saturated rings. The molecule has 1 aromatic heterocycles. The Balaban J connectivity index is 2.43. The number of phenolic OH excluding ortho intramolecular Hbond substituents is 1. The van der Waals surface area contributed by atoms with E-state index in [1.165, 1.54) is 6.07 Å². The number of benzene rings is 1. The Hall–Kier alpha value is -1.02. The Bertz CT molecular complexity index is 755. The first-order valence-corrected chi connectivity index (χ1v) is 8.23. The number of hydrogen-bond donors (Lipinski definition) is 2. The zero-order valence-corrected chi connectivity index (χ0v) is 13.1. The van der Waals surface area contributed by atoms with Crippen molar-refractivity contribution in [3.63, 3.8) is 0 Å². The van der Waals surface area contributed by atoms with E-state index in [1.54, 1.807) is 6.92 Å². The number of hydrogen-bond acceptors (Lipinski definition) is 4. The van der Waals surface area contributed by atoms with E-state index in [0.29, 0.717) is 9.90 Å². The molecule has 2 aromatic rings. The predicted octanol–water partition coefficient (Wildman–Crippen LogP) is 4.01. The van der Waals surface area contributed by atoms with Crippen LogP contribution in [0, 0.1) is 12.7 Å². The predicted molar refractivity (Wildman–Crippen MR) is 77.9 cm³/mol. The van der Waals surface area contributed by atoms with Gasteiger partial charge in [0.25, 0.3) is 10.0 Å². The van der Waals surface area contributed by atoms with Gasteiger partial charge < -0.3 is 5.11 Å². The number of phenols is 1. The molecular weight excluding hydrogens is 348 g/mol. The molecular formula is C11H8Cl2FNO3S2. The van der Waals surface area contributed by atoms with Crippen LogP contribution < -0.4 is 4.72 Å². The lowest BCUT2D eigenvalue weighted by Gasteiger charge is -2.09. The maximum atomic E-state index is 13.2. The van der Waals surface area contributed by atoms with Crippen LogP contribution in [0.25, 0.3) is 0 Å². The lowest BCUT2D eigenvalue weighted by atomic mass is 10.3. The molecule has 9 heteroatoms. The Kier molecular flexibility index (Phi) is 4.15. The molecule has 0 aliphatic rings. The average Bonchev–Trinajstić information content (AvgIpc) is 2.66. The van der Waals surface area contributed by atoms with Crippen molar-refractivity contribution < 1.29 is 17.9 Å². The summed E-state index contributed by atoms with van der Waals surface area (Å²) in [6.07, 6.45) is 0. The molecule has 0 bridgehead atoms. The topological polar surface area (TPSA) is 66.4 Å². The number of aryl methyl sites for hydroxylation is 1. The molecule has 1 heterocycles. The summed E-state index contributed by atoms with van der Waals surface area (Å²) in [4.78, 5) is 0. The van der Waals surface area contributed by atoms with Gasteiger partial charge >= 0.3 is 0 Å². The second-order valence-electron chi connectivity index (χ2n) is 3.91. The summed E-state index contributed by atoms with van der Waals surface area (Å²) in [5, 5.41) is 9.36. The van der Waals surface area contributed by atoms with Gasteiger partial charge in [-0.05, 0) is 24.6 Å². The number of halogens is 3. The Morgan fingerprint density at radius 1 is 1.30 bits per heavy atom. The molecule has 0 saturated heterocycles. The third-order valence-electron chi connectivity index (χ3n) is 2.37. The molecule has 0 spiro atoms. The molecule has 4 nitrogen and oxygen atoms in total. The van der Waals surface area contributed by atoms with Crippen LogP contribution >= 0.6 is 34.5 Å². The van der Waals surface area contributed by atoms with Crippen molar-refractivity contribution in [2.75, 3.05) is 4.72 Å². The normalized spacial score (nSPS) is 11.6. The van der Waals surface area contributed by atoms with Gasteiger partial charge in [-0.3, -0.25) is 4.72 Å². The zero-order chi connectivity index (χ0) is 15.1. The van der Waals surface area contributed by atoms with Crippen molar-refractivity contribution >= 4 is 50.2 Å². The number of thiophene rings is 1. The Morgan fingerprint density at radius 3 is 2.50 bits per heavy atom. The van der Waals surface area contributed by atoms with Crippen molar-refractivity contribution in [1.29, 1.82) is 0 Å². The van der Waals surface area contributed by atoms with Crippen LogP contribution in [0.5, 0.6) is 5.75 Å². The number of rotatable bonds is 3. The Labute approximate surface area is 128 Å². The summed E-state index contributed by atoms with van der Waals surface area (Å²) in [6.45, 7) is 1.66. The summed E-state index contributed by atoms with van der Waals surface area (Å²) >= 11 is 12.3. The number of nitrogens with one attached hydrogen (secondary N) is 1. The minimum Gasteiger partial charge on any atom is -0.504 e. The fourth-order valence-corrected chi connectivity index (χ4v) is 4.37. The van der Waals surface area contributed by atoms with Gasteiger partial charge in [-0.15, -0.1) is 11.3 Å². The first-order valence-electron chi connectivity index (χ1n) is 5.17. The van der Waals surface area contributed by atoms with Crippen molar-refractivity contribution in [2.45, 2.75) is 11.1 Å². The number of sulfonamides is 1. The van der Waals surface area contributed by atoms with Crippen molar-refractivity contribution in [2.24, 2.45) is 0 Å². The largest absolute Gasteiger partial charge is 0.504 e. The van der Waals surface area contributed by atoms with Crippen LogP contribution in [0.1, 0.15) is 5.56 Å². The van der Waals surface area contributed by atoms with E-state index in [4.69, 9.17) is 23.2 Å². The van der Waals surface area contributed by atoms with Gasteiger partial charge in [0.15, 0.2) is 5.75 Å². The maximum Gasteiger partial charge on any atom is 0.271 e. The van der Waals surface area contributed by atoms with Crippen LogP contribution in [0.4, 0.5) is 10.1 Å². The van der Waals surface area contributed by atoms with E-state index in [0.717, 1.165) is 23.5 Å². The molecule has 0 saturated carbocycles. The van der Waals surface area contributed by atoms with Gasteiger partial charge in [0.05, 0.1) is 15.0 Å². The molecule has 0 atom stereocenters. The van der Waals surface area contributed by atoms with E-state index in [-0.39, 0.29) is 14.9 Å². The minimum absolute atomic E-state index is 0.0419. The number of anilines is 1.